The lowest BCUT2D eigenvalue weighted by Crippen LogP contribution is -2.51. The molecule has 1 aliphatic heterocycles. The van der Waals surface area contributed by atoms with Gasteiger partial charge in [0, 0.05) is 12.1 Å². The molecule has 2 heterocycles. The fraction of sp³-hybridized carbons (Fsp3) is 0.476. The van der Waals surface area contributed by atoms with Gasteiger partial charge in [0.15, 0.2) is 0 Å². The number of hydrogen-bond acceptors (Lipinski definition) is 5. The number of carbonyl (C=O) groups excluding carboxylic acids is 2. The minimum absolute atomic E-state index is 0.0692. The van der Waals surface area contributed by atoms with Gasteiger partial charge in [-0.2, -0.15) is 0 Å². The Morgan fingerprint density at radius 1 is 1.33 bits per heavy atom. The molecular formula is C21H27BrN4O4. The molecule has 0 radical (unpaired) electrons. The van der Waals surface area contributed by atoms with E-state index < -0.39 is 12.1 Å². The second-order valence-corrected chi connectivity index (χ2v) is 8.43. The van der Waals surface area contributed by atoms with Crippen LogP contribution in [0.5, 0.6) is 5.75 Å². The highest BCUT2D eigenvalue weighted by Gasteiger charge is 2.37. The third kappa shape index (κ3) is 4.61. The summed E-state index contributed by atoms with van der Waals surface area (Å²) in [7, 11) is 2.91. The highest BCUT2D eigenvalue weighted by Crippen LogP contribution is 2.34. The molecule has 8 nitrogen and oxygen atoms in total. The van der Waals surface area contributed by atoms with E-state index in [2.05, 4.69) is 36.0 Å². The van der Waals surface area contributed by atoms with Crippen LogP contribution in [0.25, 0.3) is 11.3 Å². The van der Waals surface area contributed by atoms with E-state index in [1.54, 1.807) is 18.2 Å². The number of aromatic nitrogens is 2. The fourth-order valence-corrected chi connectivity index (χ4v) is 4.08. The van der Waals surface area contributed by atoms with Crippen molar-refractivity contribution in [2.45, 2.75) is 38.8 Å². The number of ether oxygens (including phenoxy) is 2. The second kappa shape index (κ2) is 9.51. The Morgan fingerprint density at radius 2 is 2.10 bits per heavy atom. The van der Waals surface area contributed by atoms with Gasteiger partial charge in [0.2, 0.25) is 5.91 Å². The van der Waals surface area contributed by atoms with Crippen LogP contribution in [0.1, 0.15) is 38.6 Å². The number of hydrogen-bond donors (Lipinski definition) is 2. The van der Waals surface area contributed by atoms with Crippen molar-refractivity contribution in [1.29, 1.82) is 0 Å². The monoisotopic (exact) mass is 478 g/mol. The summed E-state index contributed by atoms with van der Waals surface area (Å²) in [6.07, 6.45) is 2.85. The Kier molecular flexibility index (Phi) is 7.02. The maximum absolute atomic E-state index is 13.2. The number of nitrogens with one attached hydrogen (secondary N) is 2. The molecule has 3 rings (SSSR count). The summed E-state index contributed by atoms with van der Waals surface area (Å²) in [4.78, 5) is 34.6. The zero-order valence-electron chi connectivity index (χ0n) is 17.6. The van der Waals surface area contributed by atoms with Crippen molar-refractivity contribution in [1.82, 2.24) is 20.2 Å². The summed E-state index contributed by atoms with van der Waals surface area (Å²) in [5.74, 6) is 1.27. The molecule has 0 spiro atoms. The van der Waals surface area contributed by atoms with E-state index >= 15 is 0 Å². The molecule has 0 saturated carbocycles. The predicted molar refractivity (Wildman–Crippen MR) is 116 cm³/mol. The van der Waals surface area contributed by atoms with Crippen LogP contribution < -0.4 is 10.1 Å². The molecular weight excluding hydrogens is 452 g/mol. The number of alkyl carbamates (subject to hydrolysis) is 1. The van der Waals surface area contributed by atoms with Gasteiger partial charge < -0.3 is 24.7 Å². The maximum atomic E-state index is 13.2. The quantitative estimate of drug-likeness (QED) is 0.656. The van der Waals surface area contributed by atoms with E-state index in [4.69, 9.17) is 4.74 Å². The highest BCUT2D eigenvalue weighted by molar-refractivity contribution is 9.10. The van der Waals surface area contributed by atoms with Crippen LogP contribution in [0.3, 0.4) is 0 Å². The number of likely N-dealkylation sites (tertiary alicyclic amines) is 1. The van der Waals surface area contributed by atoms with Gasteiger partial charge in [-0.1, -0.05) is 19.9 Å². The zero-order valence-corrected chi connectivity index (χ0v) is 19.2. The SMILES string of the molecule is COC(=O)N[C@H](C(=O)N1CCC[C@H]1c1ncc(-c2ccc(Br)c(OC)c2)[nH]1)C(C)C. The number of carbonyl (C=O) groups is 2. The lowest BCUT2D eigenvalue weighted by molar-refractivity contribution is -0.135. The molecule has 0 aliphatic carbocycles. The van der Waals surface area contributed by atoms with E-state index in [1.807, 2.05) is 32.0 Å². The van der Waals surface area contributed by atoms with Gasteiger partial charge >= 0.3 is 6.09 Å². The molecule has 2 aromatic rings. The van der Waals surface area contributed by atoms with Crippen molar-refractivity contribution in [2.24, 2.45) is 5.92 Å². The first-order valence-electron chi connectivity index (χ1n) is 9.89. The molecule has 0 unspecified atom stereocenters. The molecule has 162 valence electrons. The van der Waals surface area contributed by atoms with E-state index in [0.29, 0.717) is 6.54 Å². The van der Waals surface area contributed by atoms with Crippen molar-refractivity contribution in [3.63, 3.8) is 0 Å². The fourth-order valence-electron chi connectivity index (χ4n) is 3.67. The predicted octanol–water partition coefficient (Wildman–Crippen LogP) is 3.89. The van der Waals surface area contributed by atoms with Gasteiger partial charge in [-0.3, -0.25) is 4.79 Å². The van der Waals surface area contributed by atoms with Crippen molar-refractivity contribution in [2.75, 3.05) is 20.8 Å². The van der Waals surface area contributed by atoms with Crippen molar-refractivity contribution < 1.29 is 19.1 Å². The van der Waals surface area contributed by atoms with Gasteiger partial charge in [0.1, 0.15) is 17.6 Å². The van der Waals surface area contributed by atoms with E-state index in [9.17, 15) is 9.59 Å². The third-order valence-corrected chi connectivity index (χ3v) is 5.96. The van der Waals surface area contributed by atoms with Gasteiger partial charge in [0.25, 0.3) is 0 Å². The summed E-state index contributed by atoms with van der Waals surface area (Å²) >= 11 is 3.46. The first kappa shape index (κ1) is 22.1. The molecule has 0 bridgehead atoms. The summed E-state index contributed by atoms with van der Waals surface area (Å²) in [6.45, 7) is 4.42. The van der Waals surface area contributed by atoms with Crippen LogP contribution >= 0.6 is 15.9 Å². The molecule has 9 heteroatoms. The summed E-state index contributed by atoms with van der Waals surface area (Å²) in [5.41, 5.74) is 1.79. The Labute approximate surface area is 184 Å². The number of rotatable bonds is 6. The van der Waals surface area contributed by atoms with Crippen molar-refractivity contribution >= 4 is 27.9 Å². The molecule has 1 aromatic carbocycles. The van der Waals surface area contributed by atoms with Gasteiger partial charge in [-0.15, -0.1) is 0 Å². The molecule has 2 amide bonds. The van der Waals surface area contributed by atoms with Crippen LogP contribution in [-0.2, 0) is 9.53 Å². The number of imidazole rings is 1. The van der Waals surface area contributed by atoms with Crippen molar-refractivity contribution in [3.05, 3.63) is 34.7 Å². The van der Waals surface area contributed by atoms with Gasteiger partial charge in [0.05, 0.1) is 36.6 Å². The first-order valence-corrected chi connectivity index (χ1v) is 10.7. The Bertz CT molecular complexity index is 914. The lowest BCUT2D eigenvalue weighted by Gasteiger charge is -2.30. The molecule has 1 aromatic heterocycles. The van der Waals surface area contributed by atoms with Crippen LogP contribution in [0, 0.1) is 5.92 Å². The second-order valence-electron chi connectivity index (χ2n) is 7.58. The minimum atomic E-state index is -0.650. The number of methoxy groups -OCH3 is 2. The Morgan fingerprint density at radius 3 is 2.77 bits per heavy atom. The zero-order chi connectivity index (χ0) is 21.8. The normalized spacial score (nSPS) is 17.1. The van der Waals surface area contributed by atoms with Gasteiger partial charge in [-0.25, -0.2) is 9.78 Å². The van der Waals surface area contributed by atoms with E-state index in [-0.39, 0.29) is 17.9 Å². The maximum Gasteiger partial charge on any atom is 0.407 e. The van der Waals surface area contributed by atoms with Crippen molar-refractivity contribution in [3.8, 4) is 17.0 Å². The number of nitrogens with zero attached hydrogens (tertiary/aromatic N) is 2. The molecule has 1 aliphatic rings. The number of H-pyrrole nitrogens is 1. The number of aromatic amines is 1. The summed E-state index contributed by atoms with van der Waals surface area (Å²) in [6, 6.07) is 5.00. The van der Waals surface area contributed by atoms with Gasteiger partial charge in [-0.05, 0) is 46.8 Å². The molecule has 1 fully saturated rings. The van der Waals surface area contributed by atoms with Crippen LogP contribution in [0.4, 0.5) is 4.79 Å². The van der Waals surface area contributed by atoms with Crippen LogP contribution in [0.15, 0.2) is 28.9 Å². The molecule has 1 saturated heterocycles. The Balaban J connectivity index is 1.82. The smallest absolute Gasteiger partial charge is 0.407 e. The first-order chi connectivity index (χ1) is 14.3. The van der Waals surface area contributed by atoms with Crippen LogP contribution in [-0.4, -0.2) is 53.7 Å². The number of benzene rings is 1. The third-order valence-electron chi connectivity index (χ3n) is 5.30. The summed E-state index contributed by atoms with van der Waals surface area (Å²) in [5, 5.41) is 2.66. The largest absolute Gasteiger partial charge is 0.496 e. The average Bonchev–Trinajstić information content (AvgIpc) is 3.40. The topological polar surface area (TPSA) is 96.6 Å². The molecule has 2 N–H and O–H groups in total. The Hall–Kier alpha value is -2.55. The van der Waals surface area contributed by atoms with Crippen LogP contribution in [0.2, 0.25) is 0 Å². The average molecular weight is 479 g/mol. The molecule has 2 atom stereocenters. The van der Waals surface area contributed by atoms with E-state index in [0.717, 1.165) is 40.1 Å². The number of amides is 2. The van der Waals surface area contributed by atoms with E-state index in [1.165, 1.54) is 7.11 Å². The standard InChI is InChI=1S/C21H27BrN4O4/c1-12(2)18(25-21(28)30-4)20(27)26-9-5-6-16(26)19-23-11-15(24-19)13-7-8-14(22)17(10-13)29-3/h7-8,10-12,16,18H,5-6,9H2,1-4H3,(H,23,24)(H,25,28)/t16-,18-/m0/s1. The lowest BCUT2D eigenvalue weighted by atomic mass is 10.0. The highest BCUT2D eigenvalue weighted by atomic mass is 79.9. The number of halogens is 1. The summed E-state index contributed by atoms with van der Waals surface area (Å²) < 4.78 is 10.9. The molecule has 30 heavy (non-hydrogen) atoms. The minimum Gasteiger partial charge on any atom is -0.496 e.